The third-order valence-corrected chi connectivity index (χ3v) is 4.99. The van der Waals surface area contributed by atoms with Crippen molar-refractivity contribution in [3.63, 3.8) is 0 Å². The van der Waals surface area contributed by atoms with Gasteiger partial charge in [0, 0.05) is 45.1 Å². The number of carbonyl (C=O) groups is 2. The van der Waals surface area contributed by atoms with Crippen molar-refractivity contribution in [2.75, 3.05) is 37.0 Å². The van der Waals surface area contributed by atoms with Gasteiger partial charge in [-0.25, -0.2) is 8.91 Å². The molecule has 0 bridgehead atoms. The van der Waals surface area contributed by atoms with Crippen LogP contribution in [0.2, 0.25) is 0 Å². The Morgan fingerprint density at radius 2 is 2.13 bits per heavy atom. The summed E-state index contributed by atoms with van der Waals surface area (Å²) in [4.78, 5) is 31.3. The zero-order chi connectivity index (χ0) is 21.3. The van der Waals surface area contributed by atoms with Crippen LogP contribution in [0.3, 0.4) is 0 Å². The van der Waals surface area contributed by atoms with E-state index in [-0.39, 0.29) is 23.7 Å². The predicted octanol–water partition coefficient (Wildman–Crippen LogP) is 1.26. The lowest BCUT2D eigenvalue weighted by molar-refractivity contribution is 0.0937. The van der Waals surface area contributed by atoms with Crippen LogP contribution in [0.25, 0.3) is 5.65 Å². The number of nitrogens with one attached hydrogen (secondary N) is 2. The molecule has 158 valence electrons. The number of hydrogen-bond donors (Lipinski definition) is 2. The van der Waals surface area contributed by atoms with E-state index in [1.165, 1.54) is 10.9 Å². The lowest BCUT2D eigenvalue weighted by atomic mass is 10.2. The standard InChI is InChI=1S/C19H23FN8O2/c1-26(8-6-20)19-24-15-9-13(5-7-28(15)25-19)23-18(30)16-14(11-22-27(16)2)17(29)21-10-12-3-4-12/h5,7,9,11-12H,3-4,6,8,10H2,1-2H3,(H,21,29)(H,23,30). The average Bonchev–Trinajstić information content (AvgIpc) is 3.32. The molecule has 2 N–H and O–H groups in total. The van der Waals surface area contributed by atoms with Gasteiger partial charge in [0.2, 0.25) is 5.95 Å². The molecular formula is C19H23FN8O2. The Morgan fingerprint density at radius 3 is 2.87 bits per heavy atom. The number of alkyl halides is 1. The molecule has 2 amide bonds. The molecule has 1 aliphatic carbocycles. The van der Waals surface area contributed by atoms with Gasteiger partial charge in [0.15, 0.2) is 5.65 Å². The molecule has 10 nitrogen and oxygen atoms in total. The van der Waals surface area contributed by atoms with E-state index in [1.54, 1.807) is 41.8 Å². The Balaban J connectivity index is 1.51. The molecule has 0 aromatic carbocycles. The summed E-state index contributed by atoms with van der Waals surface area (Å²) < 4.78 is 15.5. The molecule has 1 aliphatic rings. The second-order valence-electron chi connectivity index (χ2n) is 7.38. The molecule has 1 fully saturated rings. The van der Waals surface area contributed by atoms with Crippen molar-refractivity contribution in [3.8, 4) is 0 Å². The van der Waals surface area contributed by atoms with Crippen molar-refractivity contribution in [1.82, 2.24) is 29.7 Å². The quantitative estimate of drug-likeness (QED) is 0.574. The highest BCUT2D eigenvalue weighted by molar-refractivity contribution is 6.11. The lowest BCUT2D eigenvalue weighted by Gasteiger charge is -2.10. The molecule has 30 heavy (non-hydrogen) atoms. The average molecular weight is 414 g/mol. The second-order valence-corrected chi connectivity index (χ2v) is 7.38. The summed E-state index contributed by atoms with van der Waals surface area (Å²) in [5.41, 5.74) is 1.40. The molecule has 0 atom stereocenters. The van der Waals surface area contributed by atoms with Crippen molar-refractivity contribution in [1.29, 1.82) is 0 Å². The number of halogens is 1. The Labute approximate surface area is 172 Å². The molecular weight excluding hydrogens is 391 g/mol. The van der Waals surface area contributed by atoms with Gasteiger partial charge in [-0.05, 0) is 24.8 Å². The van der Waals surface area contributed by atoms with Gasteiger partial charge in [-0.15, -0.1) is 5.10 Å². The number of aromatic nitrogens is 5. The minimum absolute atomic E-state index is 0.174. The fraction of sp³-hybridized carbons (Fsp3) is 0.421. The van der Waals surface area contributed by atoms with Crippen LogP contribution in [0.1, 0.15) is 33.7 Å². The molecule has 0 radical (unpaired) electrons. The molecule has 0 aliphatic heterocycles. The zero-order valence-corrected chi connectivity index (χ0v) is 16.8. The van der Waals surface area contributed by atoms with Crippen LogP contribution in [-0.2, 0) is 7.05 Å². The molecule has 1 saturated carbocycles. The van der Waals surface area contributed by atoms with Crippen LogP contribution in [0, 0.1) is 5.92 Å². The van der Waals surface area contributed by atoms with E-state index >= 15 is 0 Å². The lowest BCUT2D eigenvalue weighted by Crippen LogP contribution is -2.28. The minimum atomic E-state index is -0.505. The summed E-state index contributed by atoms with van der Waals surface area (Å²) >= 11 is 0. The first-order chi connectivity index (χ1) is 14.5. The summed E-state index contributed by atoms with van der Waals surface area (Å²) in [7, 11) is 3.32. The molecule has 3 aromatic heterocycles. The number of nitrogens with zero attached hydrogens (tertiary/aromatic N) is 6. The van der Waals surface area contributed by atoms with Crippen LogP contribution in [0.15, 0.2) is 24.5 Å². The maximum absolute atomic E-state index is 12.9. The van der Waals surface area contributed by atoms with Crippen LogP contribution >= 0.6 is 0 Å². The maximum atomic E-state index is 12.9. The topological polar surface area (TPSA) is 109 Å². The van der Waals surface area contributed by atoms with Crippen LogP contribution < -0.4 is 15.5 Å². The highest BCUT2D eigenvalue weighted by Crippen LogP contribution is 2.27. The SMILES string of the molecule is CN(CCF)c1nc2cc(NC(=O)c3c(C(=O)NCC4CC4)cnn3C)ccn2n1. The Bertz CT molecular complexity index is 1090. The third kappa shape index (κ3) is 4.09. The van der Waals surface area contributed by atoms with Crippen LogP contribution in [0.5, 0.6) is 0 Å². The van der Waals surface area contributed by atoms with Gasteiger partial charge in [0.1, 0.15) is 12.4 Å². The van der Waals surface area contributed by atoms with Crippen LogP contribution in [0.4, 0.5) is 16.0 Å². The second kappa shape index (κ2) is 8.09. The minimum Gasteiger partial charge on any atom is -0.352 e. The summed E-state index contributed by atoms with van der Waals surface area (Å²) in [5.74, 6) is 0.155. The number of hydrogen-bond acceptors (Lipinski definition) is 6. The summed E-state index contributed by atoms with van der Waals surface area (Å²) in [5, 5.41) is 14.0. The number of aryl methyl sites for hydroxylation is 1. The monoisotopic (exact) mass is 414 g/mol. The molecule has 4 rings (SSSR count). The number of fused-ring (bicyclic) bond motifs is 1. The predicted molar refractivity (Wildman–Crippen MR) is 108 cm³/mol. The molecule has 11 heteroatoms. The highest BCUT2D eigenvalue weighted by atomic mass is 19.1. The van der Waals surface area contributed by atoms with Gasteiger partial charge >= 0.3 is 0 Å². The van der Waals surface area contributed by atoms with E-state index in [2.05, 4.69) is 25.8 Å². The van der Waals surface area contributed by atoms with Gasteiger partial charge in [-0.2, -0.15) is 10.1 Å². The van der Waals surface area contributed by atoms with E-state index < -0.39 is 12.6 Å². The molecule has 3 heterocycles. The van der Waals surface area contributed by atoms with E-state index in [0.29, 0.717) is 29.7 Å². The van der Waals surface area contributed by atoms with E-state index in [9.17, 15) is 14.0 Å². The van der Waals surface area contributed by atoms with Gasteiger partial charge in [0.25, 0.3) is 11.8 Å². The van der Waals surface area contributed by atoms with Gasteiger partial charge in [0.05, 0.1) is 11.8 Å². The number of pyridine rings is 1. The summed E-state index contributed by atoms with van der Waals surface area (Å²) in [6.45, 7) is 0.290. The fourth-order valence-electron chi connectivity index (χ4n) is 3.05. The zero-order valence-electron chi connectivity index (χ0n) is 16.8. The largest absolute Gasteiger partial charge is 0.352 e. The number of carbonyl (C=O) groups excluding carboxylic acids is 2. The smallest absolute Gasteiger partial charge is 0.274 e. The van der Waals surface area contributed by atoms with Gasteiger partial charge in [-0.3, -0.25) is 14.3 Å². The molecule has 3 aromatic rings. The fourth-order valence-corrected chi connectivity index (χ4v) is 3.05. The van der Waals surface area contributed by atoms with Gasteiger partial charge < -0.3 is 15.5 Å². The van der Waals surface area contributed by atoms with E-state index in [1.807, 2.05) is 0 Å². The Kier molecular flexibility index (Phi) is 5.34. The Morgan fingerprint density at radius 1 is 1.33 bits per heavy atom. The number of rotatable bonds is 8. The molecule has 0 spiro atoms. The number of amides is 2. The van der Waals surface area contributed by atoms with E-state index in [4.69, 9.17) is 0 Å². The molecule has 0 unspecified atom stereocenters. The normalized spacial score (nSPS) is 13.4. The van der Waals surface area contributed by atoms with Crippen molar-refractivity contribution in [3.05, 3.63) is 35.8 Å². The van der Waals surface area contributed by atoms with Crippen LogP contribution in [-0.4, -0.2) is 63.0 Å². The highest BCUT2D eigenvalue weighted by Gasteiger charge is 2.25. The molecule has 0 saturated heterocycles. The summed E-state index contributed by atoms with van der Waals surface area (Å²) in [6.07, 6.45) is 5.29. The van der Waals surface area contributed by atoms with Crippen molar-refractivity contribution >= 4 is 29.1 Å². The first kappa shape index (κ1) is 19.8. The first-order valence-electron chi connectivity index (χ1n) is 9.71. The third-order valence-electron chi connectivity index (χ3n) is 4.99. The first-order valence-corrected chi connectivity index (χ1v) is 9.71. The van der Waals surface area contributed by atoms with Crippen molar-refractivity contribution in [2.24, 2.45) is 13.0 Å². The van der Waals surface area contributed by atoms with Gasteiger partial charge in [-0.1, -0.05) is 0 Å². The number of anilines is 2. The van der Waals surface area contributed by atoms with Crippen molar-refractivity contribution in [2.45, 2.75) is 12.8 Å². The maximum Gasteiger partial charge on any atom is 0.274 e. The van der Waals surface area contributed by atoms with Crippen molar-refractivity contribution < 1.29 is 14.0 Å². The summed E-state index contributed by atoms with van der Waals surface area (Å²) in [6, 6.07) is 3.32. The van der Waals surface area contributed by atoms with E-state index in [0.717, 1.165) is 12.8 Å². The Hall–Kier alpha value is -3.50.